The number of benzene rings is 1. The SMILES string of the molecule is COC(=O)CCCc1nc(CN2C(=O)c3ccccc3C2=O)cs1. The number of amides is 2. The third-order valence-electron chi connectivity index (χ3n) is 3.80. The largest absolute Gasteiger partial charge is 0.469 e. The molecule has 1 aromatic heterocycles. The van der Waals surface area contributed by atoms with E-state index in [9.17, 15) is 14.4 Å². The van der Waals surface area contributed by atoms with Gasteiger partial charge in [-0.1, -0.05) is 12.1 Å². The third kappa shape index (κ3) is 3.21. The van der Waals surface area contributed by atoms with Crippen molar-refractivity contribution < 1.29 is 19.1 Å². The lowest BCUT2D eigenvalue weighted by Crippen LogP contribution is -2.29. The smallest absolute Gasteiger partial charge is 0.305 e. The molecule has 2 aromatic rings. The molecule has 2 amide bonds. The van der Waals surface area contributed by atoms with Gasteiger partial charge in [-0.2, -0.15) is 0 Å². The van der Waals surface area contributed by atoms with E-state index in [0.29, 0.717) is 36.1 Å². The maximum Gasteiger partial charge on any atom is 0.305 e. The van der Waals surface area contributed by atoms with E-state index in [0.717, 1.165) is 5.01 Å². The summed E-state index contributed by atoms with van der Waals surface area (Å²) in [6.45, 7) is 0.167. The molecule has 0 radical (unpaired) electrons. The Morgan fingerprint density at radius 2 is 1.88 bits per heavy atom. The van der Waals surface area contributed by atoms with Crippen molar-refractivity contribution in [1.29, 1.82) is 0 Å². The monoisotopic (exact) mass is 344 g/mol. The number of fused-ring (bicyclic) bond motifs is 1. The van der Waals surface area contributed by atoms with Crippen LogP contribution in [0.2, 0.25) is 0 Å². The molecule has 124 valence electrons. The summed E-state index contributed by atoms with van der Waals surface area (Å²) in [5.74, 6) is -0.801. The molecule has 6 nitrogen and oxygen atoms in total. The number of thiazole rings is 1. The van der Waals surface area contributed by atoms with Crippen LogP contribution >= 0.6 is 11.3 Å². The number of methoxy groups -OCH3 is 1. The number of ether oxygens (including phenoxy) is 1. The van der Waals surface area contributed by atoms with Crippen LogP contribution in [-0.2, 0) is 22.5 Å². The van der Waals surface area contributed by atoms with E-state index in [2.05, 4.69) is 9.72 Å². The lowest BCUT2D eigenvalue weighted by Gasteiger charge is -2.11. The van der Waals surface area contributed by atoms with Gasteiger partial charge in [-0.05, 0) is 25.0 Å². The summed E-state index contributed by atoms with van der Waals surface area (Å²) in [5, 5.41) is 2.72. The molecule has 24 heavy (non-hydrogen) atoms. The zero-order valence-corrected chi connectivity index (χ0v) is 14.0. The molecule has 3 rings (SSSR count). The van der Waals surface area contributed by atoms with Gasteiger partial charge in [0, 0.05) is 11.8 Å². The van der Waals surface area contributed by atoms with Crippen LogP contribution in [0, 0.1) is 0 Å². The fourth-order valence-electron chi connectivity index (χ4n) is 2.57. The highest BCUT2D eigenvalue weighted by atomic mass is 32.1. The second-order valence-electron chi connectivity index (χ2n) is 5.40. The zero-order valence-electron chi connectivity index (χ0n) is 13.2. The second-order valence-corrected chi connectivity index (χ2v) is 6.35. The predicted molar refractivity (Wildman–Crippen MR) is 87.7 cm³/mol. The number of carbonyl (C=O) groups is 3. The number of rotatable bonds is 6. The molecule has 0 saturated carbocycles. The first-order valence-electron chi connectivity index (χ1n) is 7.55. The van der Waals surface area contributed by atoms with Gasteiger partial charge < -0.3 is 4.74 Å². The lowest BCUT2D eigenvalue weighted by atomic mass is 10.1. The first kappa shape index (κ1) is 16.3. The average molecular weight is 344 g/mol. The van der Waals surface area contributed by atoms with E-state index in [-0.39, 0.29) is 24.3 Å². The van der Waals surface area contributed by atoms with Crippen molar-refractivity contribution in [3.63, 3.8) is 0 Å². The Morgan fingerprint density at radius 1 is 1.21 bits per heavy atom. The van der Waals surface area contributed by atoms with Crippen LogP contribution in [0.25, 0.3) is 0 Å². The van der Waals surface area contributed by atoms with Gasteiger partial charge in [-0.3, -0.25) is 19.3 Å². The van der Waals surface area contributed by atoms with Gasteiger partial charge in [0.2, 0.25) is 0 Å². The zero-order chi connectivity index (χ0) is 17.1. The lowest BCUT2D eigenvalue weighted by molar-refractivity contribution is -0.140. The molecule has 0 saturated heterocycles. The van der Waals surface area contributed by atoms with Crippen LogP contribution in [-0.4, -0.2) is 34.8 Å². The van der Waals surface area contributed by atoms with Crippen molar-refractivity contribution in [3.8, 4) is 0 Å². The molecule has 7 heteroatoms. The van der Waals surface area contributed by atoms with Gasteiger partial charge in [0.15, 0.2) is 0 Å². The van der Waals surface area contributed by atoms with Crippen molar-refractivity contribution in [2.24, 2.45) is 0 Å². The van der Waals surface area contributed by atoms with Crippen molar-refractivity contribution >= 4 is 29.1 Å². The van der Waals surface area contributed by atoms with Crippen molar-refractivity contribution in [2.75, 3.05) is 7.11 Å². The number of aryl methyl sites for hydroxylation is 1. The predicted octanol–water partition coefficient (Wildman–Crippen LogP) is 2.44. The quantitative estimate of drug-likeness (QED) is 0.594. The van der Waals surface area contributed by atoms with Gasteiger partial charge in [0.05, 0.1) is 35.5 Å². The van der Waals surface area contributed by atoms with Gasteiger partial charge >= 0.3 is 5.97 Å². The Labute approximate surface area is 143 Å². The minimum Gasteiger partial charge on any atom is -0.469 e. The molecular formula is C17H16N2O4S. The second kappa shape index (κ2) is 6.92. The van der Waals surface area contributed by atoms with E-state index in [1.807, 2.05) is 5.38 Å². The van der Waals surface area contributed by atoms with Crippen LogP contribution in [0.5, 0.6) is 0 Å². The highest BCUT2D eigenvalue weighted by molar-refractivity contribution is 7.09. The number of aromatic nitrogens is 1. The summed E-state index contributed by atoms with van der Waals surface area (Å²) in [7, 11) is 1.37. The van der Waals surface area contributed by atoms with E-state index >= 15 is 0 Å². The Hall–Kier alpha value is -2.54. The van der Waals surface area contributed by atoms with Crippen LogP contribution in [0.1, 0.15) is 44.3 Å². The number of nitrogens with zero attached hydrogens (tertiary/aromatic N) is 2. The fraction of sp³-hybridized carbons (Fsp3) is 0.294. The van der Waals surface area contributed by atoms with Gasteiger partial charge in [0.25, 0.3) is 11.8 Å². The van der Waals surface area contributed by atoms with Crippen LogP contribution < -0.4 is 0 Å². The molecule has 1 aliphatic rings. The normalized spacial score (nSPS) is 13.3. The standard InChI is InChI=1S/C17H16N2O4S/c1-23-15(20)8-4-7-14-18-11(10-24-14)9-19-16(21)12-5-2-3-6-13(12)17(19)22/h2-3,5-6,10H,4,7-9H2,1H3. The van der Waals surface area contributed by atoms with E-state index in [1.54, 1.807) is 24.3 Å². The third-order valence-corrected chi connectivity index (χ3v) is 4.75. The minimum atomic E-state index is -0.282. The summed E-state index contributed by atoms with van der Waals surface area (Å²) in [6.07, 6.45) is 1.68. The highest BCUT2D eigenvalue weighted by Crippen LogP contribution is 2.24. The van der Waals surface area contributed by atoms with Crippen molar-refractivity contribution in [3.05, 3.63) is 51.5 Å². The van der Waals surface area contributed by atoms with Crippen LogP contribution in [0.3, 0.4) is 0 Å². The molecule has 0 aliphatic carbocycles. The van der Waals surface area contributed by atoms with Crippen molar-refractivity contribution in [1.82, 2.24) is 9.88 Å². The van der Waals surface area contributed by atoms with E-state index in [1.165, 1.54) is 23.3 Å². The Morgan fingerprint density at radius 3 is 2.50 bits per heavy atom. The van der Waals surface area contributed by atoms with E-state index < -0.39 is 0 Å². The first-order chi connectivity index (χ1) is 11.6. The molecular weight excluding hydrogens is 328 g/mol. The van der Waals surface area contributed by atoms with Crippen LogP contribution in [0.4, 0.5) is 0 Å². The molecule has 2 heterocycles. The summed E-state index contributed by atoms with van der Waals surface area (Å²) in [6, 6.07) is 6.81. The molecule has 0 spiro atoms. The summed E-state index contributed by atoms with van der Waals surface area (Å²) in [4.78, 5) is 41.4. The Bertz CT molecular complexity index is 764. The molecule has 0 fully saturated rings. The topological polar surface area (TPSA) is 76.6 Å². The molecule has 0 bridgehead atoms. The first-order valence-corrected chi connectivity index (χ1v) is 8.43. The minimum absolute atomic E-state index is 0.167. The summed E-state index contributed by atoms with van der Waals surface area (Å²) in [5.41, 5.74) is 1.56. The molecule has 1 aliphatic heterocycles. The summed E-state index contributed by atoms with van der Waals surface area (Å²) >= 11 is 1.47. The highest BCUT2D eigenvalue weighted by Gasteiger charge is 2.35. The number of esters is 1. The fourth-order valence-corrected chi connectivity index (χ4v) is 3.40. The molecule has 0 unspecified atom stereocenters. The molecule has 0 atom stereocenters. The van der Waals surface area contributed by atoms with Crippen molar-refractivity contribution in [2.45, 2.75) is 25.8 Å². The Balaban J connectivity index is 1.63. The number of hydrogen-bond acceptors (Lipinski definition) is 6. The van der Waals surface area contributed by atoms with Crippen LogP contribution in [0.15, 0.2) is 29.6 Å². The Kier molecular flexibility index (Phi) is 4.71. The maximum absolute atomic E-state index is 12.3. The maximum atomic E-state index is 12.3. The molecule has 1 aromatic carbocycles. The number of imide groups is 1. The van der Waals surface area contributed by atoms with Gasteiger partial charge in [-0.15, -0.1) is 11.3 Å². The van der Waals surface area contributed by atoms with E-state index in [4.69, 9.17) is 0 Å². The number of hydrogen-bond donors (Lipinski definition) is 0. The number of carbonyl (C=O) groups excluding carboxylic acids is 3. The molecule has 0 N–H and O–H groups in total. The van der Waals surface area contributed by atoms with Gasteiger partial charge in [-0.25, -0.2) is 4.98 Å². The summed E-state index contributed by atoms with van der Waals surface area (Å²) < 4.78 is 4.60. The van der Waals surface area contributed by atoms with Gasteiger partial charge in [0.1, 0.15) is 0 Å². The average Bonchev–Trinajstić information content (AvgIpc) is 3.14.